The molecule has 2 aromatic heterocycles. The number of thiophene rings is 1. The van der Waals surface area contributed by atoms with Gasteiger partial charge in [0.05, 0.1) is 21.2 Å². The van der Waals surface area contributed by atoms with Crippen molar-refractivity contribution in [2.24, 2.45) is 0 Å². The van der Waals surface area contributed by atoms with Crippen LogP contribution in [0, 0.1) is 0 Å². The fourth-order valence-electron chi connectivity index (χ4n) is 3.15. The molecule has 0 atom stereocenters. The monoisotopic (exact) mass is 492 g/mol. The van der Waals surface area contributed by atoms with Gasteiger partial charge in [-0.05, 0) is 30.3 Å². The standard InChI is InChI=1S/C22H16ClF3N4O2S/c23-16-9-5-4-8-14(16)19(31)27-10-11-28-20(32)17-12-15-18(22(24,25)26)29-30(21(15)33-17)13-6-2-1-3-7-13/h1-9,12H,10-11H2,(H,27,31)(H,28,32). The number of aromatic nitrogens is 2. The van der Waals surface area contributed by atoms with Crippen LogP contribution < -0.4 is 10.6 Å². The lowest BCUT2D eigenvalue weighted by Crippen LogP contribution is -2.34. The number of hydrogen-bond donors (Lipinski definition) is 2. The molecular weight excluding hydrogens is 477 g/mol. The van der Waals surface area contributed by atoms with Crippen molar-refractivity contribution in [1.29, 1.82) is 0 Å². The van der Waals surface area contributed by atoms with Gasteiger partial charge in [-0.15, -0.1) is 11.3 Å². The Bertz CT molecular complexity index is 1320. The molecule has 0 aliphatic rings. The second kappa shape index (κ2) is 9.24. The van der Waals surface area contributed by atoms with Gasteiger partial charge in [-0.1, -0.05) is 41.9 Å². The molecule has 2 heterocycles. The molecule has 0 aliphatic carbocycles. The Labute approximate surface area is 195 Å². The Morgan fingerprint density at radius 2 is 1.61 bits per heavy atom. The molecule has 11 heteroatoms. The zero-order valence-corrected chi connectivity index (χ0v) is 18.4. The molecule has 4 aromatic rings. The summed E-state index contributed by atoms with van der Waals surface area (Å²) in [6.07, 6.45) is -4.67. The molecule has 0 bridgehead atoms. The number of fused-ring (bicyclic) bond motifs is 1. The van der Waals surface area contributed by atoms with E-state index in [4.69, 9.17) is 11.6 Å². The molecule has 2 aromatic carbocycles. The molecule has 0 aliphatic heterocycles. The van der Waals surface area contributed by atoms with Gasteiger partial charge in [0.2, 0.25) is 0 Å². The number of rotatable bonds is 6. The van der Waals surface area contributed by atoms with E-state index < -0.39 is 23.7 Å². The highest BCUT2D eigenvalue weighted by molar-refractivity contribution is 7.20. The number of nitrogens with zero attached hydrogens (tertiary/aromatic N) is 2. The number of benzene rings is 2. The molecule has 6 nitrogen and oxygen atoms in total. The van der Waals surface area contributed by atoms with Crippen molar-refractivity contribution in [3.63, 3.8) is 0 Å². The number of carbonyl (C=O) groups excluding carboxylic acids is 2. The van der Waals surface area contributed by atoms with Crippen molar-refractivity contribution < 1.29 is 22.8 Å². The molecule has 0 radical (unpaired) electrons. The highest BCUT2D eigenvalue weighted by Gasteiger charge is 2.38. The molecular formula is C22H16ClF3N4O2S. The van der Waals surface area contributed by atoms with Crippen molar-refractivity contribution in [1.82, 2.24) is 20.4 Å². The van der Waals surface area contributed by atoms with Crippen molar-refractivity contribution in [3.8, 4) is 5.69 Å². The summed E-state index contributed by atoms with van der Waals surface area (Å²) in [7, 11) is 0. The fraction of sp³-hybridized carbons (Fsp3) is 0.136. The van der Waals surface area contributed by atoms with Gasteiger partial charge in [-0.25, -0.2) is 4.68 Å². The molecule has 0 fully saturated rings. The number of amides is 2. The minimum absolute atomic E-state index is 0.0835. The second-order valence-electron chi connectivity index (χ2n) is 6.91. The molecule has 170 valence electrons. The first-order valence-corrected chi connectivity index (χ1v) is 10.9. The van der Waals surface area contributed by atoms with Gasteiger partial charge in [-0.3, -0.25) is 9.59 Å². The third kappa shape index (κ3) is 4.86. The average molecular weight is 493 g/mol. The van der Waals surface area contributed by atoms with E-state index in [2.05, 4.69) is 15.7 Å². The van der Waals surface area contributed by atoms with Crippen LogP contribution in [-0.4, -0.2) is 34.7 Å². The van der Waals surface area contributed by atoms with E-state index in [0.29, 0.717) is 16.3 Å². The topological polar surface area (TPSA) is 76.0 Å². The minimum Gasteiger partial charge on any atom is -0.350 e. The van der Waals surface area contributed by atoms with Gasteiger partial charge in [0.15, 0.2) is 5.69 Å². The van der Waals surface area contributed by atoms with Gasteiger partial charge < -0.3 is 10.6 Å². The number of halogens is 4. The smallest absolute Gasteiger partial charge is 0.350 e. The lowest BCUT2D eigenvalue weighted by molar-refractivity contribution is -0.140. The van der Waals surface area contributed by atoms with Gasteiger partial charge in [0.1, 0.15) is 4.83 Å². The van der Waals surface area contributed by atoms with E-state index in [0.717, 1.165) is 11.3 Å². The SMILES string of the molecule is O=C(NCCNC(=O)c1ccccc1Cl)c1cc2c(C(F)(F)F)nn(-c3ccccc3)c2s1. The summed E-state index contributed by atoms with van der Waals surface area (Å²) >= 11 is 6.89. The first kappa shape index (κ1) is 22.8. The minimum atomic E-state index is -4.67. The Balaban J connectivity index is 1.48. The highest BCUT2D eigenvalue weighted by atomic mass is 35.5. The summed E-state index contributed by atoms with van der Waals surface area (Å²) in [6, 6.07) is 16.1. The molecule has 0 spiro atoms. The third-order valence-corrected chi connectivity index (χ3v) is 6.11. The van der Waals surface area contributed by atoms with Crippen molar-refractivity contribution in [2.75, 3.05) is 13.1 Å². The Morgan fingerprint density at radius 1 is 0.970 bits per heavy atom. The van der Waals surface area contributed by atoms with E-state index in [-0.39, 0.29) is 28.2 Å². The zero-order valence-electron chi connectivity index (χ0n) is 16.8. The predicted octanol–water partition coefficient (Wildman–Crippen LogP) is 4.92. The Kier molecular flexibility index (Phi) is 6.39. The van der Waals surface area contributed by atoms with Crippen LogP contribution in [0.5, 0.6) is 0 Å². The number of para-hydroxylation sites is 1. The van der Waals surface area contributed by atoms with E-state index in [1.54, 1.807) is 54.6 Å². The van der Waals surface area contributed by atoms with Crippen LogP contribution in [0.15, 0.2) is 60.7 Å². The molecule has 33 heavy (non-hydrogen) atoms. The van der Waals surface area contributed by atoms with Crippen LogP contribution in [0.3, 0.4) is 0 Å². The Morgan fingerprint density at radius 3 is 2.27 bits per heavy atom. The molecule has 2 N–H and O–H groups in total. The number of hydrogen-bond acceptors (Lipinski definition) is 4. The van der Waals surface area contributed by atoms with E-state index >= 15 is 0 Å². The largest absolute Gasteiger partial charge is 0.435 e. The summed E-state index contributed by atoms with van der Waals surface area (Å²) < 4.78 is 41.8. The summed E-state index contributed by atoms with van der Waals surface area (Å²) in [6.45, 7) is 0.201. The summed E-state index contributed by atoms with van der Waals surface area (Å²) in [5.74, 6) is -0.939. The number of alkyl halides is 3. The van der Waals surface area contributed by atoms with Crippen LogP contribution in [0.25, 0.3) is 15.9 Å². The van der Waals surface area contributed by atoms with Crippen molar-refractivity contribution in [3.05, 3.63) is 81.8 Å². The molecule has 0 saturated carbocycles. The fourth-order valence-corrected chi connectivity index (χ4v) is 4.42. The van der Waals surface area contributed by atoms with Crippen LogP contribution >= 0.6 is 22.9 Å². The lowest BCUT2D eigenvalue weighted by atomic mass is 10.2. The quantitative estimate of drug-likeness (QED) is 0.375. The maximum Gasteiger partial charge on any atom is 0.435 e. The van der Waals surface area contributed by atoms with Crippen LogP contribution in [-0.2, 0) is 6.18 Å². The predicted molar refractivity (Wildman–Crippen MR) is 120 cm³/mol. The average Bonchev–Trinajstić information content (AvgIpc) is 3.36. The lowest BCUT2D eigenvalue weighted by Gasteiger charge is -2.07. The normalized spacial score (nSPS) is 11.5. The van der Waals surface area contributed by atoms with E-state index in [1.165, 1.54) is 10.7 Å². The summed E-state index contributed by atoms with van der Waals surface area (Å²) in [5, 5.41) is 9.12. The molecule has 0 saturated heterocycles. The maximum atomic E-state index is 13.5. The maximum absolute atomic E-state index is 13.5. The summed E-state index contributed by atoms with van der Waals surface area (Å²) in [5.41, 5.74) is -0.294. The Hall–Kier alpha value is -3.37. The molecule has 4 rings (SSSR count). The van der Waals surface area contributed by atoms with Crippen molar-refractivity contribution in [2.45, 2.75) is 6.18 Å². The van der Waals surface area contributed by atoms with Crippen LogP contribution in [0.2, 0.25) is 5.02 Å². The first-order chi connectivity index (χ1) is 15.8. The molecule has 2 amide bonds. The number of nitrogens with one attached hydrogen (secondary N) is 2. The van der Waals surface area contributed by atoms with Gasteiger partial charge >= 0.3 is 6.18 Å². The number of carbonyl (C=O) groups is 2. The van der Waals surface area contributed by atoms with Gasteiger partial charge in [-0.2, -0.15) is 18.3 Å². The highest BCUT2D eigenvalue weighted by Crippen LogP contribution is 2.38. The van der Waals surface area contributed by atoms with Gasteiger partial charge in [0, 0.05) is 18.5 Å². The van der Waals surface area contributed by atoms with E-state index in [9.17, 15) is 22.8 Å². The van der Waals surface area contributed by atoms with Gasteiger partial charge in [0.25, 0.3) is 11.8 Å². The van der Waals surface area contributed by atoms with Crippen molar-refractivity contribution >= 4 is 45.0 Å². The van der Waals surface area contributed by atoms with E-state index in [1.807, 2.05) is 0 Å². The third-order valence-electron chi connectivity index (χ3n) is 4.67. The first-order valence-electron chi connectivity index (χ1n) is 9.72. The second-order valence-corrected chi connectivity index (χ2v) is 8.35. The van der Waals surface area contributed by atoms with Crippen LogP contribution in [0.4, 0.5) is 13.2 Å². The van der Waals surface area contributed by atoms with Crippen LogP contribution in [0.1, 0.15) is 25.7 Å². The summed E-state index contributed by atoms with van der Waals surface area (Å²) in [4.78, 5) is 25.0. The zero-order chi connectivity index (χ0) is 23.6. The molecule has 0 unspecified atom stereocenters.